The number of aromatic nitrogens is 1. The maximum Gasteiger partial charge on any atom is 0.245 e. The summed E-state index contributed by atoms with van der Waals surface area (Å²) in [6.45, 7) is 0.527. The maximum absolute atomic E-state index is 12.4. The molecule has 7 nitrogen and oxygen atoms in total. The molecule has 2 rings (SSSR count). The smallest absolute Gasteiger partial charge is 0.245 e. The van der Waals surface area contributed by atoms with E-state index in [0.29, 0.717) is 13.0 Å². The second-order valence-electron chi connectivity index (χ2n) is 4.08. The molecule has 0 atom stereocenters. The minimum Gasteiger partial charge on any atom is -0.382 e. The first-order valence-electron chi connectivity index (χ1n) is 5.59. The highest BCUT2D eigenvalue weighted by Gasteiger charge is 2.28. The van der Waals surface area contributed by atoms with Crippen LogP contribution in [0.2, 0.25) is 5.02 Å². The lowest BCUT2D eigenvalue weighted by Crippen LogP contribution is -2.37. The highest BCUT2D eigenvalue weighted by Crippen LogP contribution is 2.22. The Bertz CT molecular complexity index is 605. The Hall–Kier alpha value is -1.38. The van der Waals surface area contributed by atoms with Crippen LogP contribution in [-0.4, -0.2) is 43.2 Å². The van der Waals surface area contributed by atoms with Gasteiger partial charge in [0, 0.05) is 19.3 Å². The van der Waals surface area contributed by atoms with E-state index >= 15 is 0 Å². The molecule has 0 saturated carbocycles. The fourth-order valence-corrected chi connectivity index (χ4v) is 3.34. The lowest BCUT2D eigenvalue weighted by Gasteiger charge is -2.18. The van der Waals surface area contributed by atoms with Crippen molar-refractivity contribution in [3.8, 4) is 0 Å². The number of carbonyl (C=O) groups is 1. The topological polar surface area (TPSA) is 105 Å². The zero-order valence-electron chi connectivity index (χ0n) is 9.97. The van der Waals surface area contributed by atoms with Crippen molar-refractivity contribution in [2.45, 2.75) is 11.3 Å². The predicted octanol–water partition coefficient (Wildman–Crippen LogP) is -0.172. The van der Waals surface area contributed by atoms with E-state index < -0.39 is 10.0 Å². The summed E-state index contributed by atoms with van der Waals surface area (Å²) in [5, 5.41) is 2.68. The van der Waals surface area contributed by atoms with Crippen LogP contribution in [0.5, 0.6) is 0 Å². The highest BCUT2D eigenvalue weighted by molar-refractivity contribution is 7.89. The largest absolute Gasteiger partial charge is 0.382 e. The highest BCUT2D eigenvalue weighted by atomic mass is 35.5. The number of nitrogens with two attached hydrogens (primary N) is 1. The molecule has 9 heteroatoms. The number of anilines is 1. The fourth-order valence-electron chi connectivity index (χ4n) is 1.70. The zero-order valence-corrected chi connectivity index (χ0v) is 11.5. The normalized spacial score (nSPS) is 17.8. The van der Waals surface area contributed by atoms with Crippen LogP contribution >= 0.6 is 11.6 Å². The van der Waals surface area contributed by atoms with E-state index in [-0.39, 0.29) is 34.7 Å². The predicted molar refractivity (Wildman–Crippen MR) is 70.0 cm³/mol. The molecule has 3 N–H and O–H groups in total. The summed E-state index contributed by atoms with van der Waals surface area (Å²) in [6.07, 6.45) is 1.69. The summed E-state index contributed by atoms with van der Waals surface area (Å²) in [5.74, 6) is -0.259. The number of nitrogen functional groups attached to an aromatic ring is 1. The summed E-state index contributed by atoms with van der Waals surface area (Å²) in [6, 6.07) is 1.24. The number of nitrogens with zero attached hydrogens (tertiary/aromatic N) is 2. The van der Waals surface area contributed by atoms with Gasteiger partial charge < -0.3 is 11.1 Å². The van der Waals surface area contributed by atoms with Gasteiger partial charge in [0.25, 0.3) is 0 Å². The van der Waals surface area contributed by atoms with Gasteiger partial charge in [0.1, 0.15) is 10.7 Å². The molecule has 0 unspecified atom stereocenters. The van der Waals surface area contributed by atoms with Gasteiger partial charge in [0.15, 0.2) is 0 Å². The van der Waals surface area contributed by atoms with E-state index in [0.717, 1.165) is 10.5 Å². The zero-order chi connectivity index (χ0) is 14.0. The first-order chi connectivity index (χ1) is 8.91. The van der Waals surface area contributed by atoms with Gasteiger partial charge in [-0.1, -0.05) is 11.6 Å². The molecular formula is C10H13ClN4O3S. The molecule has 1 aliphatic heterocycles. The first kappa shape index (κ1) is 14.0. The van der Waals surface area contributed by atoms with Crippen LogP contribution in [0.4, 0.5) is 5.82 Å². The van der Waals surface area contributed by atoms with E-state index in [2.05, 4.69) is 10.3 Å². The molecular weight excluding hydrogens is 292 g/mol. The second kappa shape index (κ2) is 5.32. The van der Waals surface area contributed by atoms with Crippen LogP contribution in [0.25, 0.3) is 0 Å². The molecule has 0 bridgehead atoms. The van der Waals surface area contributed by atoms with Gasteiger partial charge in [-0.3, -0.25) is 4.79 Å². The van der Waals surface area contributed by atoms with Crippen LogP contribution in [0.15, 0.2) is 17.2 Å². The Morgan fingerprint density at radius 2 is 2.21 bits per heavy atom. The molecule has 1 aromatic rings. The summed E-state index contributed by atoms with van der Waals surface area (Å²) in [7, 11) is -3.79. The number of carbonyl (C=O) groups excluding carboxylic acids is 1. The van der Waals surface area contributed by atoms with E-state index in [1.807, 2.05) is 0 Å². The summed E-state index contributed by atoms with van der Waals surface area (Å²) >= 11 is 5.77. The van der Waals surface area contributed by atoms with Crippen molar-refractivity contribution in [3.05, 3.63) is 17.3 Å². The van der Waals surface area contributed by atoms with E-state index in [1.165, 1.54) is 6.07 Å². The Kier molecular flexibility index (Phi) is 3.93. The van der Waals surface area contributed by atoms with Crippen LogP contribution in [0.3, 0.4) is 0 Å². The van der Waals surface area contributed by atoms with Crippen LogP contribution < -0.4 is 11.1 Å². The monoisotopic (exact) mass is 304 g/mol. The number of sulfonamides is 1. The maximum atomic E-state index is 12.4. The molecule has 1 amide bonds. The van der Waals surface area contributed by atoms with Crippen LogP contribution in [-0.2, 0) is 14.8 Å². The van der Waals surface area contributed by atoms with Crippen molar-refractivity contribution in [2.24, 2.45) is 0 Å². The minimum atomic E-state index is -3.79. The first-order valence-corrected chi connectivity index (χ1v) is 7.41. The number of nitrogens with one attached hydrogen (secondary N) is 1. The third-order valence-corrected chi connectivity index (χ3v) is 4.82. The molecule has 104 valence electrons. The second-order valence-corrected chi connectivity index (χ2v) is 6.43. The van der Waals surface area contributed by atoms with Crippen LogP contribution in [0, 0.1) is 0 Å². The number of halogens is 1. The number of hydrogen-bond acceptors (Lipinski definition) is 5. The molecule has 1 saturated heterocycles. The molecule has 0 aliphatic carbocycles. The molecule has 2 heterocycles. The van der Waals surface area contributed by atoms with E-state index in [4.69, 9.17) is 17.3 Å². The van der Waals surface area contributed by atoms with Crippen molar-refractivity contribution in [1.29, 1.82) is 0 Å². The molecule has 0 radical (unpaired) electrons. The fraction of sp³-hybridized carbons (Fsp3) is 0.400. The quantitative estimate of drug-likeness (QED) is 0.789. The van der Waals surface area contributed by atoms with Crippen molar-refractivity contribution < 1.29 is 13.2 Å². The van der Waals surface area contributed by atoms with Gasteiger partial charge in [-0.2, -0.15) is 4.31 Å². The van der Waals surface area contributed by atoms with Gasteiger partial charge in [0.05, 0.1) is 11.6 Å². The average molecular weight is 305 g/mol. The number of amides is 1. The summed E-state index contributed by atoms with van der Waals surface area (Å²) in [4.78, 5) is 15.1. The van der Waals surface area contributed by atoms with Crippen molar-refractivity contribution >= 4 is 33.3 Å². The number of rotatable bonds is 2. The SMILES string of the molecule is Nc1ncc(S(=O)(=O)N2CCCNC(=O)C2)cc1Cl. The van der Waals surface area contributed by atoms with Gasteiger partial charge in [-0.25, -0.2) is 13.4 Å². The van der Waals surface area contributed by atoms with Crippen molar-refractivity contribution in [1.82, 2.24) is 14.6 Å². The minimum absolute atomic E-state index is 0.0641. The Labute approximate surface area is 115 Å². The van der Waals surface area contributed by atoms with Crippen molar-refractivity contribution in [2.75, 3.05) is 25.4 Å². The van der Waals surface area contributed by atoms with Gasteiger partial charge >= 0.3 is 0 Å². The van der Waals surface area contributed by atoms with Crippen molar-refractivity contribution in [3.63, 3.8) is 0 Å². The summed E-state index contributed by atoms with van der Waals surface area (Å²) in [5.41, 5.74) is 5.44. The van der Waals surface area contributed by atoms with E-state index in [1.54, 1.807) is 0 Å². The van der Waals surface area contributed by atoms with Crippen LogP contribution in [0.1, 0.15) is 6.42 Å². The van der Waals surface area contributed by atoms with Gasteiger partial charge in [-0.05, 0) is 12.5 Å². The van der Waals surface area contributed by atoms with Gasteiger partial charge in [-0.15, -0.1) is 0 Å². The van der Waals surface area contributed by atoms with Gasteiger partial charge in [0.2, 0.25) is 15.9 Å². The molecule has 19 heavy (non-hydrogen) atoms. The third kappa shape index (κ3) is 2.96. The molecule has 1 fully saturated rings. The Balaban J connectivity index is 2.35. The van der Waals surface area contributed by atoms with E-state index in [9.17, 15) is 13.2 Å². The lowest BCUT2D eigenvalue weighted by molar-refractivity contribution is -0.120. The molecule has 0 spiro atoms. The number of pyridine rings is 1. The summed E-state index contributed by atoms with van der Waals surface area (Å²) < 4.78 is 25.8. The lowest BCUT2D eigenvalue weighted by atomic mass is 10.4. The third-order valence-electron chi connectivity index (χ3n) is 2.71. The number of hydrogen-bond donors (Lipinski definition) is 2. The standard InChI is InChI=1S/C10H13ClN4O3S/c11-8-4-7(5-14-10(8)12)19(17,18)15-3-1-2-13-9(16)6-15/h4-5H,1-3,6H2,(H2,12,14)(H,13,16). The molecule has 1 aromatic heterocycles. The average Bonchev–Trinajstić information content (AvgIpc) is 2.57. The Morgan fingerprint density at radius 1 is 1.47 bits per heavy atom. The Morgan fingerprint density at radius 3 is 2.89 bits per heavy atom. The molecule has 0 aromatic carbocycles. The molecule has 1 aliphatic rings.